The molecule has 0 unspecified atom stereocenters. The van der Waals surface area contributed by atoms with Gasteiger partial charge in [-0.25, -0.2) is 0 Å². The molecule has 0 bridgehead atoms. The zero-order valence-corrected chi connectivity index (χ0v) is 10.6. The standard InChI is InChI=1S/C6H15N.C5H10O2/c1-6(2)5-7(3)4;1-5(2,3)7-4-6/h6H,5H2,1-4H3;4H,1-3H3. The van der Waals surface area contributed by atoms with E-state index in [9.17, 15) is 4.79 Å². The van der Waals surface area contributed by atoms with Crippen molar-refractivity contribution in [1.82, 2.24) is 4.90 Å². The molecule has 0 heterocycles. The minimum atomic E-state index is -0.318. The van der Waals surface area contributed by atoms with Crippen LogP contribution in [0.4, 0.5) is 0 Å². The number of hydrogen-bond donors (Lipinski definition) is 0. The first-order valence-electron chi connectivity index (χ1n) is 4.95. The van der Waals surface area contributed by atoms with E-state index in [-0.39, 0.29) is 5.60 Å². The predicted molar refractivity (Wildman–Crippen MR) is 60.3 cm³/mol. The second-order valence-corrected chi connectivity index (χ2v) is 4.98. The highest BCUT2D eigenvalue weighted by Crippen LogP contribution is 2.02. The maximum Gasteiger partial charge on any atom is 0.293 e. The summed E-state index contributed by atoms with van der Waals surface area (Å²) in [4.78, 5) is 11.8. The van der Waals surface area contributed by atoms with Crippen LogP contribution in [0.15, 0.2) is 0 Å². The third-order valence-corrected chi connectivity index (χ3v) is 1.13. The van der Waals surface area contributed by atoms with E-state index in [1.165, 1.54) is 6.54 Å². The largest absolute Gasteiger partial charge is 0.462 e. The summed E-state index contributed by atoms with van der Waals surface area (Å²) in [6.07, 6.45) is 0. The zero-order valence-electron chi connectivity index (χ0n) is 10.6. The van der Waals surface area contributed by atoms with Crippen molar-refractivity contribution in [3.63, 3.8) is 0 Å². The van der Waals surface area contributed by atoms with E-state index in [4.69, 9.17) is 0 Å². The van der Waals surface area contributed by atoms with Crippen molar-refractivity contribution in [2.75, 3.05) is 20.6 Å². The van der Waals surface area contributed by atoms with Gasteiger partial charge in [0, 0.05) is 0 Å². The minimum absolute atomic E-state index is 0.318. The number of carbonyl (C=O) groups excluding carboxylic acids is 1. The molecule has 0 aliphatic heterocycles. The van der Waals surface area contributed by atoms with Crippen LogP contribution in [0.25, 0.3) is 0 Å². The van der Waals surface area contributed by atoms with Crippen LogP contribution in [-0.2, 0) is 9.53 Å². The van der Waals surface area contributed by atoms with Crippen LogP contribution in [0.2, 0.25) is 0 Å². The Kier molecular flexibility index (Phi) is 8.85. The van der Waals surface area contributed by atoms with Gasteiger partial charge in [0.25, 0.3) is 6.47 Å². The Hall–Kier alpha value is -0.570. The Morgan fingerprint density at radius 1 is 1.29 bits per heavy atom. The molecule has 0 saturated carbocycles. The van der Waals surface area contributed by atoms with E-state index in [2.05, 4.69) is 37.6 Å². The maximum absolute atomic E-state index is 9.60. The maximum atomic E-state index is 9.60. The van der Waals surface area contributed by atoms with E-state index in [1.807, 2.05) is 20.8 Å². The van der Waals surface area contributed by atoms with Crippen molar-refractivity contribution < 1.29 is 9.53 Å². The van der Waals surface area contributed by atoms with Crippen LogP contribution in [-0.4, -0.2) is 37.6 Å². The smallest absolute Gasteiger partial charge is 0.293 e. The molecular formula is C11H25NO2. The molecule has 0 spiro atoms. The number of rotatable bonds is 3. The topological polar surface area (TPSA) is 29.5 Å². The van der Waals surface area contributed by atoms with Gasteiger partial charge in [0.15, 0.2) is 0 Å². The van der Waals surface area contributed by atoms with Crippen molar-refractivity contribution in [3.8, 4) is 0 Å². The van der Waals surface area contributed by atoms with E-state index >= 15 is 0 Å². The lowest BCUT2D eigenvalue weighted by molar-refractivity contribution is -0.138. The number of ether oxygens (including phenoxy) is 1. The normalized spacial score (nSPS) is 10.9. The molecule has 0 aliphatic carbocycles. The monoisotopic (exact) mass is 203 g/mol. The van der Waals surface area contributed by atoms with Gasteiger partial charge in [-0.05, 0) is 47.3 Å². The molecule has 0 saturated heterocycles. The third-order valence-electron chi connectivity index (χ3n) is 1.13. The quantitative estimate of drug-likeness (QED) is 0.658. The Morgan fingerprint density at radius 2 is 1.71 bits per heavy atom. The van der Waals surface area contributed by atoms with E-state index < -0.39 is 0 Å². The Bertz CT molecular complexity index is 131. The fourth-order valence-corrected chi connectivity index (χ4v) is 0.875. The van der Waals surface area contributed by atoms with Crippen LogP contribution in [0.5, 0.6) is 0 Å². The summed E-state index contributed by atoms with van der Waals surface area (Å²) >= 11 is 0. The van der Waals surface area contributed by atoms with Gasteiger partial charge in [0.05, 0.1) is 0 Å². The first-order chi connectivity index (χ1) is 6.19. The molecule has 86 valence electrons. The second-order valence-electron chi connectivity index (χ2n) is 4.98. The summed E-state index contributed by atoms with van der Waals surface area (Å²) in [6.45, 7) is 11.6. The Morgan fingerprint density at radius 3 is 1.71 bits per heavy atom. The molecule has 14 heavy (non-hydrogen) atoms. The summed E-state index contributed by atoms with van der Waals surface area (Å²) in [6, 6.07) is 0. The van der Waals surface area contributed by atoms with Crippen LogP contribution in [0.3, 0.4) is 0 Å². The van der Waals surface area contributed by atoms with Crippen molar-refractivity contribution >= 4 is 6.47 Å². The lowest BCUT2D eigenvalue weighted by Crippen LogP contribution is -2.17. The summed E-state index contributed by atoms with van der Waals surface area (Å²) in [5, 5.41) is 0. The highest BCUT2D eigenvalue weighted by molar-refractivity contribution is 5.37. The summed E-state index contributed by atoms with van der Waals surface area (Å²) < 4.78 is 4.55. The van der Waals surface area contributed by atoms with Crippen LogP contribution in [0, 0.1) is 5.92 Å². The molecule has 0 aromatic heterocycles. The van der Waals surface area contributed by atoms with Gasteiger partial charge in [-0.1, -0.05) is 13.8 Å². The van der Waals surface area contributed by atoms with Crippen molar-refractivity contribution in [1.29, 1.82) is 0 Å². The molecular weight excluding hydrogens is 178 g/mol. The van der Waals surface area contributed by atoms with Gasteiger partial charge in [0.1, 0.15) is 5.60 Å². The number of carbonyl (C=O) groups is 1. The SMILES string of the molecule is CC(C)(C)OC=O.CC(C)CN(C)C. The molecule has 0 atom stereocenters. The van der Waals surface area contributed by atoms with Crippen LogP contribution < -0.4 is 0 Å². The van der Waals surface area contributed by atoms with Crippen molar-refractivity contribution in [2.24, 2.45) is 5.92 Å². The summed E-state index contributed by atoms with van der Waals surface area (Å²) in [5.41, 5.74) is -0.318. The van der Waals surface area contributed by atoms with Gasteiger partial charge in [-0.2, -0.15) is 0 Å². The molecule has 0 N–H and O–H groups in total. The third kappa shape index (κ3) is 22.5. The van der Waals surface area contributed by atoms with E-state index in [1.54, 1.807) is 0 Å². The van der Waals surface area contributed by atoms with Crippen LogP contribution >= 0.6 is 0 Å². The summed E-state index contributed by atoms with van der Waals surface area (Å²) in [5.74, 6) is 0.801. The van der Waals surface area contributed by atoms with Gasteiger partial charge in [-0.15, -0.1) is 0 Å². The lowest BCUT2D eigenvalue weighted by Gasteiger charge is -2.14. The summed E-state index contributed by atoms with van der Waals surface area (Å²) in [7, 11) is 4.19. The first kappa shape index (κ1) is 15.9. The molecule has 0 aliphatic rings. The minimum Gasteiger partial charge on any atom is -0.462 e. The lowest BCUT2D eigenvalue weighted by atomic mass is 10.2. The van der Waals surface area contributed by atoms with Crippen LogP contribution in [0.1, 0.15) is 34.6 Å². The van der Waals surface area contributed by atoms with Crippen molar-refractivity contribution in [2.45, 2.75) is 40.2 Å². The van der Waals surface area contributed by atoms with Gasteiger partial charge >= 0.3 is 0 Å². The van der Waals surface area contributed by atoms with E-state index in [0.29, 0.717) is 6.47 Å². The van der Waals surface area contributed by atoms with Gasteiger partial charge in [0.2, 0.25) is 0 Å². The molecule has 0 rings (SSSR count). The van der Waals surface area contributed by atoms with Crippen molar-refractivity contribution in [3.05, 3.63) is 0 Å². The fraction of sp³-hybridized carbons (Fsp3) is 0.909. The number of hydrogen-bond acceptors (Lipinski definition) is 3. The Labute approximate surface area is 88.4 Å². The van der Waals surface area contributed by atoms with Gasteiger partial charge in [-0.3, -0.25) is 4.79 Å². The van der Waals surface area contributed by atoms with E-state index in [0.717, 1.165) is 5.92 Å². The number of nitrogens with zero attached hydrogens (tertiary/aromatic N) is 1. The predicted octanol–water partition coefficient (Wildman–Crippen LogP) is 2.16. The fourth-order valence-electron chi connectivity index (χ4n) is 0.875. The molecule has 3 nitrogen and oxygen atoms in total. The molecule has 0 aromatic carbocycles. The molecule has 0 aromatic rings. The molecule has 0 amide bonds. The highest BCUT2D eigenvalue weighted by Gasteiger charge is 2.07. The second kappa shape index (κ2) is 7.80. The molecule has 0 radical (unpaired) electrons. The van der Waals surface area contributed by atoms with Gasteiger partial charge < -0.3 is 9.64 Å². The average Bonchev–Trinajstić information content (AvgIpc) is 1.80. The Balaban J connectivity index is 0. The zero-order chi connectivity index (χ0) is 11.8. The molecule has 3 heteroatoms. The highest BCUT2D eigenvalue weighted by atomic mass is 16.5. The average molecular weight is 203 g/mol. The first-order valence-corrected chi connectivity index (χ1v) is 4.95. The molecule has 0 fully saturated rings.